The van der Waals surface area contributed by atoms with Crippen molar-refractivity contribution >= 4 is 22.6 Å². The second-order valence-electron chi connectivity index (χ2n) is 6.12. The molecule has 0 radical (unpaired) electrons. The lowest BCUT2D eigenvalue weighted by molar-refractivity contribution is -0.137. The van der Waals surface area contributed by atoms with Gasteiger partial charge in [-0.25, -0.2) is 9.97 Å². The first-order chi connectivity index (χ1) is 12.8. The SMILES string of the molecule is CCN(CC)C(=O)C1=CNCC=C1c1nc2cc(C(F)(F)F)cnc2n1C. The number of imidazole rings is 1. The third kappa shape index (κ3) is 3.41. The highest BCUT2D eigenvalue weighted by atomic mass is 19.4. The van der Waals surface area contributed by atoms with Gasteiger partial charge in [-0.1, -0.05) is 6.08 Å². The van der Waals surface area contributed by atoms with E-state index in [-0.39, 0.29) is 11.4 Å². The van der Waals surface area contributed by atoms with Crippen LogP contribution >= 0.6 is 0 Å². The second kappa shape index (κ2) is 7.05. The molecule has 3 heterocycles. The summed E-state index contributed by atoms with van der Waals surface area (Å²) in [6.45, 7) is 5.38. The van der Waals surface area contributed by atoms with Crippen molar-refractivity contribution < 1.29 is 18.0 Å². The molecule has 27 heavy (non-hydrogen) atoms. The number of dihydropyridines is 1. The van der Waals surface area contributed by atoms with Gasteiger partial charge in [-0.2, -0.15) is 13.2 Å². The average Bonchev–Trinajstić information content (AvgIpc) is 2.98. The number of carbonyl (C=O) groups excluding carboxylic acids is 1. The summed E-state index contributed by atoms with van der Waals surface area (Å²) in [7, 11) is 1.67. The summed E-state index contributed by atoms with van der Waals surface area (Å²) < 4.78 is 40.5. The Hall–Kier alpha value is -2.84. The van der Waals surface area contributed by atoms with Gasteiger partial charge >= 0.3 is 6.18 Å². The molecule has 0 aromatic carbocycles. The highest BCUT2D eigenvalue weighted by Gasteiger charge is 2.32. The van der Waals surface area contributed by atoms with Gasteiger partial charge in [0, 0.05) is 44.7 Å². The van der Waals surface area contributed by atoms with E-state index in [0.717, 1.165) is 12.3 Å². The minimum absolute atomic E-state index is 0.136. The smallest absolute Gasteiger partial charge is 0.387 e. The molecule has 1 aliphatic heterocycles. The zero-order chi connectivity index (χ0) is 19.8. The number of alkyl halides is 3. The molecule has 0 saturated carbocycles. The maximum atomic E-state index is 13.0. The Bertz CT molecular complexity index is 938. The third-order valence-corrected chi connectivity index (χ3v) is 4.52. The van der Waals surface area contributed by atoms with E-state index in [0.29, 0.717) is 42.3 Å². The molecule has 0 fully saturated rings. The van der Waals surface area contributed by atoms with Crippen LogP contribution < -0.4 is 5.32 Å². The van der Waals surface area contributed by atoms with Crippen molar-refractivity contribution in [1.29, 1.82) is 0 Å². The molecule has 0 saturated heterocycles. The number of amides is 1. The van der Waals surface area contributed by atoms with Gasteiger partial charge in [0.1, 0.15) is 11.3 Å². The Labute approximate surface area is 154 Å². The number of pyridine rings is 1. The van der Waals surface area contributed by atoms with Crippen molar-refractivity contribution in [1.82, 2.24) is 24.8 Å². The predicted molar refractivity (Wildman–Crippen MR) is 95.5 cm³/mol. The fourth-order valence-corrected chi connectivity index (χ4v) is 3.05. The molecule has 1 aliphatic rings. The van der Waals surface area contributed by atoms with Crippen LogP contribution in [0.4, 0.5) is 13.2 Å². The molecule has 0 unspecified atom stereocenters. The van der Waals surface area contributed by atoms with Gasteiger partial charge < -0.3 is 14.8 Å². The number of carbonyl (C=O) groups is 1. The van der Waals surface area contributed by atoms with E-state index in [9.17, 15) is 18.0 Å². The molecule has 3 rings (SSSR count). The first-order valence-corrected chi connectivity index (χ1v) is 8.61. The van der Waals surface area contributed by atoms with Gasteiger partial charge in [0.05, 0.1) is 11.1 Å². The number of nitrogens with one attached hydrogen (secondary N) is 1. The van der Waals surface area contributed by atoms with Crippen molar-refractivity contribution in [3.05, 3.63) is 41.5 Å². The van der Waals surface area contributed by atoms with Gasteiger partial charge in [-0.15, -0.1) is 0 Å². The molecule has 0 atom stereocenters. The van der Waals surface area contributed by atoms with Crippen LogP contribution in [0.15, 0.2) is 30.1 Å². The van der Waals surface area contributed by atoms with Crippen LogP contribution in [0, 0.1) is 0 Å². The first kappa shape index (κ1) is 18.9. The molecule has 2 aromatic heterocycles. The number of hydrogen-bond donors (Lipinski definition) is 1. The van der Waals surface area contributed by atoms with Crippen molar-refractivity contribution in [3.63, 3.8) is 0 Å². The topological polar surface area (TPSA) is 63.1 Å². The Kier molecular flexibility index (Phi) is 4.95. The molecule has 6 nitrogen and oxygen atoms in total. The van der Waals surface area contributed by atoms with Crippen molar-refractivity contribution in [2.75, 3.05) is 19.6 Å². The molecule has 9 heteroatoms. The Morgan fingerprint density at radius 3 is 2.67 bits per heavy atom. The Balaban J connectivity index is 2.07. The van der Waals surface area contributed by atoms with E-state index in [1.807, 2.05) is 19.9 Å². The van der Waals surface area contributed by atoms with Crippen molar-refractivity contribution in [2.24, 2.45) is 7.05 Å². The molecule has 144 valence electrons. The number of aromatic nitrogens is 3. The van der Waals surface area contributed by atoms with E-state index in [1.54, 1.807) is 22.7 Å². The number of likely N-dealkylation sites (N-methyl/N-ethyl adjacent to an activating group) is 1. The number of halogens is 3. The van der Waals surface area contributed by atoms with E-state index in [4.69, 9.17) is 0 Å². The lowest BCUT2D eigenvalue weighted by Gasteiger charge is -2.23. The molecule has 0 aliphatic carbocycles. The minimum atomic E-state index is -4.49. The minimum Gasteiger partial charge on any atom is -0.387 e. The van der Waals surface area contributed by atoms with Crippen LogP contribution in [0.2, 0.25) is 0 Å². The molecule has 1 N–H and O–H groups in total. The highest BCUT2D eigenvalue weighted by molar-refractivity contribution is 6.09. The normalized spacial score (nSPS) is 14.6. The first-order valence-electron chi connectivity index (χ1n) is 8.61. The van der Waals surface area contributed by atoms with Gasteiger partial charge in [0.25, 0.3) is 5.91 Å². The summed E-state index contributed by atoms with van der Waals surface area (Å²) >= 11 is 0. The fraction of sp³-hybridized carbons (Fsp3) is 0.389. The van der Waals surface area contributed by atoms with Gasteiger partial charge in [0.2, 0.25) is 0 Å². The summed E-state index contributed by atoms with van der Waals surface area (Å²) in [5.74, 6) is 0.250. The standard InChI is InChI=1S/C18H20F3N5O/c1-4-26(5-2)17(27)13-10-22-7-6-12(13)15-24-14-8-11(18(19,20)21)9-23-16(14)25(15)3/h6,8-10,22H,4-5,7H2,1-3H3. The zero-order valence-corrected chi connectivity index (χ0v) is 15.3. The maximum Gasteiger partial charge on any atom is 0.417 e. The molecule has 2 aromatic rings. The Morgan fingerprint density at radius 2 is 2.04 bits per heavy atom. The lowest BCUT2D eigenvalue weighted by Crippen LogP contribution is -2.34. The van der Waals surface area contributed by atoms with E-state index >= 15 is 0 Å². The highest BCUT2D eigenvalue weighted by Crippen LogP contribution is 2.32. The van der Waals surface area contributed by atoms with Gasteiger partial charge in [-0.05, 0) is 19.9 Å². The van der Waals surface area contributed by atoms with Crippen LogP contribution in [-0.4, -0.2) is 45.0 Å². The number of hydrogen-bond acceptors (Lipinski definition) is 4. The van der Waals surface area contributed by atoms with Crippen LogP contribution in [0.5, 0.6) is 0 Å². The van der Waals surface area contributed by atoms with Gasteiger partial charge in [-0.3, -0.25) is 4.79 Å². The van der Waals surface area contributed by atoms with Crippen LogP contribution in [-0.2, 0) is 18.0 Å². The largest absolute Gasteiger partial charge is 0.417 e. The predicted octanol–water partition coefficient (Wildman–Crippen LogP) is 2.73. The zero-order valence-electron chi connectivity index (χ0n) is 15.3. The van der Waals surface area contributed by atoms with E-state index in [2.05, 4.69) is 15.3 Å². The Morgan fingerprint density at radius 1 is 1.33 bits per heavy atom. The molecular weight excluding hydrogens is 359 g/mol. The van der Waals surface area contributed by atoms with Crippen molar-refractivity contribution in [3.8, 4) is 0 Å². The number of rotatable bonds is 4. The molecule has 1 amide bonds. The summed E-state index contributed by atoms with van der Waals surface area (Å²) in [6.07, 6.45) is -0.258. The summed E-state index contributed by atoms with van der Waals surface area (Å²) in [4.78, 5) is 22.8. The lowest BCUT2D eigenvalue weighted by atomic mass is 10.0. The summed E-state index contributed by atoms with van der Waals surface area (Å²) in [5.41, 5.74) is 0.622. The van der Waals surface area contributed by atoms with Crippen LogP contribution in [0.1, 0.15) is 25.2 Å². The number of fused-ring (bicyclic) bond motifs is 1. The molecule has 0 spiro atoms. The van der Waals surface area contributed by atoms with E-state index < -0.39 is 11.7 Å². The monoisotopic (exact) mass is 379 g/mol. The number of aryl methyl sites for hydroxylation is 1. The summed E-state index contributed by atoms with van der Waals surface area (Å²) in [5, 5.41) is 3.01. The van der Waals surface area contributed by atoms with Crippen LogP contribution in [0.25, 0.3) is 16.7 Å². The third-order valence-electron chi connectivity index (χ3n) is 4.52. The number of nitrogens with zero attached hydrogens (tertiary/aromatic N) is 4. The van der Waals surface area contributed by atoms with Crippen molar-refractivity contribution in [2.45, 2.75) is 20.0 Å². The quantitative estimate of drug-likeness (QED) is 0.887. The average molecular weight is 379 g/mol. The fourth-order valence-electron chi connectivity index (χ4n) is 3.05. The maximum absolute atomic E-state index is 13.0. The second-order valence-corrected chi connectivity index (χ2v) is 6.12. The summed E-state index contributed by atoms with van der Waals surface area (Å²) in [6, 6.07) is 0.975. The molecular formula is C18H20F3N5O. The van der Waals surface area contributed by atoms with E-state index in [1.165, 1.54) is 0 Å². The van der Waals surface area contributed by atoms with Gasteiger partial charge in [0.15, 0.2) is 5.65 Å². The molecule has 0 bridgehead atoms. The van der Waals surface area contributed by atoms with Crippen LogP contribution in [0.3, 0.4) is 0 Å².